The Hall–Kier alpha value is -3.35. The summed E-state index contributed by atoms with van der Waals surface area (Å²) in [7, 11) is 1.59. The van der Waals surface area contributed by atoms with Crippen LogP contribution in [0, 0.1) is 5.92 Å². The Labute approximate surface area is 184 Å². The van der Waals surface area contributed by atoms with Gasteiger partial charge in [-0.3, -0.25) is 14.4 Å². The lowest BCUT2D eigenvalue weighted by Gasteiger charge is -2.29. The van der Waals surface area contributed by atoms with Crippen molar-refractivity contribution in [3.63, 3.8) is 0 Å². The fourth-order valence-electron chi connectivity index (χ4n) is 4.25. The molecule has 0 bridgehead atoms. The van der Waals surface area contributed by atoms with Gasteiger partial charge in [0.25, 0.3) is 5.91 Å². The predicted molar refractivity (Wildman–Crippen MR) is 117 cm³/mol. The first-order chi connectivity index (χ1) is 15.1. The van der Waals surface area contributed by atoms with Gasteiger partial charge in [0.2, 0.25) is 5.91 Å². The molecule has 0 N–H and O–H groups in total. The molecule has 7 heteroatoms. The number of rotatable bonds is 4. The number of methoxy groups -OCH3 is 1. The van der Waals surface area contributed by atoms with Crippen LogP contribution < -0.4 is 14.7 Å². The predicted octanol–water partition coefficient (Wildman–Crippen LogP) is 4.40. The van der Waals surface area contributed by atoms with Gasteiger partial charge in [0, 0.05) is 5.02 Å². The molecular weight excluding hydrogens is 416 g/mol. The Morgan fingerprint density at radius 3 is 2.35 bits per heavy atom. The molecular formula is C24H19ClN2O4. The largest absolute Gasteiger partial charge is 0.497 e. The summed E-state index contributed by atoms with van der Waals surface area (Å²) in [4.78, 5) is 34.1. The van der Waals surface area contributed by atoms with Crippen LogP contribution in [0.3, 0.4) is 0 Å². The Morgan fingerprint density at radius 2 is 1.61 bits per heavy atom. The van der Waals surface area contributed by atoms with Crippen molar-refractivity contribution in [3.8, 4) is 5.75 Å². The van der Waals surface area contributed by atoms with Crippen LogP contribution in [0.4, 0.5) is 11.4 Å². The van der Waals surface area contributed by atoms with Crippen molar-refractivity contribution < 1.29 is 19.2 Å². The fourth-order valence-corrected chi connectivity index (χ4v) is 4.43. The van der Waals surface area contributed by atoms with Crippen LogP contribution in [-0.4, -0.2) is 25.0 Å². The molecule has 0 radical (unpaired) electrons. The van der Waals surface area contributed by atoms with E-state index in [1.807, 2.05) is 54.6 Å². The van der Waals surface area contributed by atoms with Gasteiger partial charge in [0.1, 0.15) is 11.7 Å². The van der Waals surface area contributed by atoms with Crippen LogP contribution in [0.5, 0.6) is 5.75 Å². The van der Waals surface area contributed by atoms with Crippen LogP contribution in [0.2, 0.25) is 5.02 Å². The number of carbonyl (C=O) groups is 2. The standard InChI is InChI=1S/C24H19ClN2O4/c1-30-19-12-5-7-15(13-19)21-20-22(31-27(21)17-9-3-2-4-10-17)24(29)26(23(20)28)18-11-6-8-16(25)14-18/h2-14,20-22H,1H3/t20-,21+,22+/m0/s1. The lowest BCUT2D eigenvalue weighted by Crippen LogP contribution is -2.37. The molecule has 6 nitrogen and oxygen atoms in total. The van der Waals surface area contributed by atoms with Crippen molar-refractivity contribution in [1.82, 2.24) is 0 Å². The number of amides is 2. The van der Waals surface area contributed by atoms with E-state index in [2.05, 4.69) is 0 Å². The third kappa shape index (κ3) is 3.24. The summed E-state index contributed by atoms with van der Waals surface area (Å²) >= 11 is 6.10. The zero-order valence-electron chi connectivity index (χ0n) is 16.6. The lowest BCUT2D eigenvalue weighted by atomic mass is 9.90. The highest BCUT2D eigenvalue weighted by atomic mass is 35.5. The number of halogens is 1. The molecule has 5 rings (SSSR count). The van der Waals surface area contributed by atoms with E-state index >= 15 is 0 Å². The summed E-state index contributed by atoms with van der Waals surface area (Å²) in [5, 5.41) is 2.11. The quantitative estimate of drug-likeness (QED) is 0.570. The minimum absolute atomic E-state index is 0.316. The molecule has 3 aromatic rings. The molecule has 0 unspecified atom stereocenters. The van der Waals surface area contributed by atoms with Crippen LogP contribution in [0.15, 0.2) is 78.9 Å². The van der Waals surface area contributed by atoms with E-state index in [4.69, 9.17) is 21.2 Å². The molecule has 2 aliphatic rings. The normalized spacial score (nSPS) is 22.7. The van der Waals surface area contributed by atoms with Crippen molar-refractivity contribution >= 4 is 34.8 Å². The molecule has 0 saturated carbocycles. The molecule has 0 aromatic heterocycles. The number of nitrogens with zero attached hydrogens (tertiary/aromatic N) is 2. The van der Waals surface area contributed by atoms with E-state index < -0.39 is 24.0 Å². The first-order valence-electron chi connectivity index (χ1n) is 9.87. The van der Waals surface area contributed by atoms with Gasteiger partial charge in [-0.25, -0.2) is 9.96 Å². The van der Waals surface area contributed by atoms with Crippen LogP contribution in [-0.2, 0) is 14.4 Å². The summed E-state index contributed by atoms with van der Waals surface area (Å²) in [6, 6.07) is 23.1. The number of imide groups is 1. The van der Waals surface area contributed by atoms with E-state index in [0.29, 0.717) is 16.5 Å². The number of hydroxylamine groups is 1. The molecule has 2 amide bonds. The van der Waals surface area contributed by atoms with Crippen LogP contribution >= 0.6 is 11.6 Å². The number of carbonyl (C=O) groups excluding carboxylic acids is 2. The maximum Gasteiger partial charge on any atom is 0.266 e. The smallest absolute Gasteiger partial charge is 0.266 e. The second-order valence-electron chi connectivity index (χ2n) is 7.43. The molecule has 0 spiro atoms. The number of benzene rings is 3. The summed E-state index contributed by atoms with van der Waals surface area (Å²) in [6.07, 6.45) is -0.928. The average molecular weight is 435 g/mol. The minimum atomic E-state index is -0.928. The van der Waals surface area contributed by atoms with Crippen molar-refractivity contribution in [2.75, 3.05) is 17.1 Å². The SMILES string of the molecule is COc1cccc([C@@H]2[C@@H]3C(=O)N(c4cccc(Cl)c4)C(=O)[C@@H]3ON2c2ccccc2)c1. The number of ether oxygens (including phenoxy) is 1. The molecule has 2 fully saturated rings. The van der Waals surface area contributed by atoms with E-state index in [1.165, 1.54) is 4.90 Å². The minimum Gasteiger partial charge on any atom is -0.497 e. The van der Waals surface area contributed by atoms with E-state index in [-0.39, 0.29) is 5.91 Å². The Morgan fingerprint density at radius 1 is 0.871 bits per heavy atom. The van der Waals surface area contributed by atoms with Gasteiger partial charge in [-0.1, -0.05) is 48.0 Å². The lowest BCUT2D eigenvalue weighted by molar-refractivity contribution is -0.126. The Kier molecular flexibility index (Phi) is 4.88. The number of hydrogen-bond acceptors (Lipinski definition) is 5. The fraction of sp³-hybridized carbons (Fsp3) is 0.167. The molecule has 156 valence electrons. The van der Waals surface area contributed by atoms with Gasteiger partial charge in [-0.2, -0.15) is 0 Å². The Balaban J connectivity index is 1.60. The first-order valence-corrected chi connectivity index (χ1v) is 10.2. The van der Waals surface area contributed by atoms with Gasteiger partial charge >= 0.3 is 0 Å². The highest BCUT2D eigenvalue weighted by Gasteiger charge is 2.60. The van der Waals surface area contributed by atoms with Crippen LogP contribution in [0.1, 0.15) is 11.6 Å². The summed E-state index contributed by atoms with van der Waals surface area (Å²) in [5.74, 6) is -0.761. The van der Waals surface area contributed by atoms with Gasteiger partial charge in [0.05, 0.1) is 24.5 Å². The zero-order chi connectivity index (χ0) is 21.5. The van der Waals surface area contributed by atoms with Crippen molar-refractivity contribution in [3.05, 3.63) is 89.4 Å². The number of para-hydroxylation sites is 1. The maximum atomic E-state index is 13.5. The first kappa shape index (κ1) is 19.6. The number of hydrogen-bond donors (Lipinski definition) is 0. The molecule has 2 heterocycles. The molecule has 2 saturated heterocycles. The second-order valence-corrected chi connectivity index (χ2v) is 7.86. The highest BCUT2D eigenvalue weighted by Crippen LogP contribution is 2.48. The zero-order valence-corrected chi connectivity index (χ0v) is 17.4. The van der Waals surface area contributed by atoms with Crippen molar-refractivity contribution in [2.24, 2.45) is 5.92 Å². The molecule has 31 heavy (non-hydrogen) atoms. The van der Waals surface area contributed by atoms with E-state index in [9.17, 15) is 9.59 Å². The highest BCUT2D eigenvalue weighted by molar-refractivity contribution is 6.31. The van der Waals surface area contributed by atoms with Crippen molar-refractivity contribution in [2.45, 2.75) is 12.1 Å². The maximum absolute atomic E-state index is 13.5. The van der Waals surface area contributed by atoms with Gasteiger partial charge in [0.15, 0.2) is 6.10 Å². The van der Waals surface area contributed by atoms with Crippen molar-refractivity contribution in [1.29, 1.82) is 0 Å². The summed E-state index contributed by atoms with van der Waals surface area (Å²) < 4.78 is 5.38. The van der Waals surface area contributed by atoms with Gasteiger partial charge in [-0.15, -0.1) is 0 Å². The van der Waals surface area contributed by atoms with Gasteiger partial charge < -0.3 is 4.74 Å². The number of anilines is 2. The average Bonchev–Trinajstić information content (AvgIpc) is 3.30. The summed E-state index contributed by atoms with van der Waals surface area (Å²) in [6.45, 7) is 0. The summed E-state index contributed by atoms with van der Waals surface area (Å²) in [5.41, 5.74) is 2.03. The molecule has 2 aliphatic heterocycles. The topological polar surface area (TPSA) is 59.1 Å². The van der Waals surface area contributed by atoms with Gasteiger partial charge in [-0.05, 0) is 48.0 Å². The van der Waals surface area contributed by atoms with E-state index in [0.717, 1.165) is 11.3 Å². The third-order valence-corrected chi connectivity index (χ3v) is 5.86. The van der Waals surface area contributed by atoms with E-state index in [1.54, 1.807) is 36.4 Å². The third-order valence-electron chi connectivity index (χ3n) is 5.63. The monoisotopic (exact) mass is 434 g/mol. The molecule has 3 atom stereocenters. The molecule has 0 aliphatic carbocycles. The number of fused-ring (bicyclic) bond motifs is 1. The second kappa shape index (κ2) is 7.72. The van der Waals surface area contributed by atoms with Crippen LogP contribution in [0.25, 0.3) is 0 Å². The molecule has 3 aromatic carbocycles. The Bertz CT molecular complexity index is 1150.